The summed E-state index contributed by atoms with van der Waals surface area (Å²) in [5.41, 5.74) is -0.0612. The molecule has 0 aromatic heterocycles. The molecule has 0 fully saturated rings. The maximum Gasteiger partial charge on any atom is 0.417 e. The topological polar surface area (TPSA) is 0 Å². The molecule has 2 rings (SSSR count). The van der Waals surface area contributed by atoms with E-state index in [1.54, 1.807) is 24.3 Å². The van der Waals surface area contributed by atoms with Gasteiger partial charge in [-0.25, -0.2) is 0 Å². The molecule has 0 N–H and O–H groups in total. The molecule has 94 valence electrons. The van der Waals surface area contributed by atoms with Crippen molar-refractivity contribution in [2.24, 2.45) is 0 Å². The summed E-state index contributed by atoms with van der Waals surface area (Å²) < 4.78 is 39.2. The molecule has 0 amide bonds. The second-order valence-electron chi connectivity index (χ2n) is 3.67. The molecule has 0 spiro atoms. The normalized spacial score (nSPS) is 11.6. The van der Waals surface area contributed by atoms with Crippen molar-refractivity contribution in [1.82, 2.24) is 0 Å². The molecular weight excluding hydrogens is 328 g/mol. The highest BCUT2D eigenvalue weighted by Crippen LogP contribution is 2.39. The van der Waals surface area contributed by atoms with Crippen LogP contribution in [0.15, 0.2) is 46.9 Å². The molecule has 2 aromatic rings. The fourth-order valence-electron chi connectivity index (χ4n) is 1.67. The summed E-state index contributed by atoms with van der Waals surface area (Å²) in [6, 6.07) is 10.2. The zero-order valence-electron chi connectivity index (χ0n) is 8.93. The Kier molecular flexibility index (Phi) is 3.69. The third-order valence-electron chi connectivity index (χ3n) is 2.45. The third-order valence-corrected chi connectivity index (χ3v) is 3.34. The number of rotatable bonds is 1. The van der Waals surface area contributed by atoms with Gasteiger partial charge in [0.25, 0.3) is 0 Å². The Hall–Kier alpha value is -1.000. The minimum absolute atomic E-state index is 0.133. The number of alkyl halides is 3. The molecule has 0 aliphatic carbocycles. The highest BCUT2D eigenvalue weighted by atomic mass is 79.9. The average molecular weight is 336 g/mol. The molecule has 0 bridgehead atoms. The van der Waals surface area contributed by atoms with E-state index in [-0.39, 0.29) is 5.56 Å². The van der Waals surface area contributed by atoms with Gasteiger partial charge in [0.1, 0.15) is 0 Å². The number of halogens is 5. The maximum atomic E-state index is 12.9. The Morgan fingerprint density at radius 1 is 0.944 bits per heavy atom. The third kappa shape index (κ3) is 2.70. The van der Waals surface area contributed by atoms with E-state index < -0.39 is 11.7 Å². The van der Waals surface area contributed by atoms with Gasteiger partial charge in [0, 0.05) is 9.50 Å². The smallest absolute Gasteiger partial charge is 0.166 e. The van der Waals surface area contributed by atoms with Crippen molar-refractivity contribution in [3.8, 4) is 11.1 Å². The van der Waals surface area contributed by atoms with Crippen molar-refractivity contribution in [3.05, 3.63) is 57.5 Å². The molecule has 0 aliphatic heterocycles. The molecule has 0 heterocycles. The van der Waals surface area contributed by atoms with Crippen LogP contribution in [0.25, 0.3) is 11.1 Å². The molecule has 0 radical (unpaired) electrons. The molecular formula is C13H7BrClF3. The lowest BCUT2D eigenvalue weighted by Crippen LogP contribution is -2.06. The van der Waals surface area contributed by atoms with Crippen LogP contribution in [0.2, 0.25) is 5.02 Å². The monoisotopic (exact) mass is 334 g/mol. The van der Waals surface area contributed by atoms with Gasteiger partial charge in [-0.1, -0.05) is 51.8 Å². The molecule has 0 saturated carbocycles. The van der Waals surface area contributed by atoms with Gasteiger partial charge in [-0.15, -0.1) is 0 Å². The van der Waals surface area contributed by atoms with Gasteiger partial charge < -0.3 is 0 Å². The van der Waals surface area contributed by atoms with Gasteiger partial charge in [-0.3, -0.25) is 0 Å². The summed E-state index contributed by atoms with van der Waals surface area (Å²) in [5.74, 6) is 0. The van der Waals surface area contributed by atoms with E-state index in [1.165, 1.54) is 12.1 Å². The van der Waals surface area contributed by atoms with Crippen LogP contribution >= 0.6 is 27.5 Å². The van der Waals surface area contributed by atoms with Crippen LogP contribution in [0.1, 0.15) is 5.56 Å². The first-order valence-corrected chi connectivity index (χ1v) is 6.18. The van der Waals surface area contributed by atoms with Crippen molar-refractivity contribution in [2.45, 2.75) is 6.18 Å². The van der Waals surface area contributed by atoms with Gasteiger partial charge in [-0.2, -0.15) is 13.2 Å². The van der Waals surface area contributed by atoms with E-state index in [0.29, 0.717) is 15.1 Å². The van der Waals surface area contributed by atoms with Crippen LogP contribution in [0.5, 0.6) is 0 Å². The van der Waals surface area contributed by atoms with E-state index in [1.807, 2.05) is 0 Å². The standard InChI is InChI=1S/C13H7BrClF3/c14-12-7-8(15)5-6-10(12)9-3-1-2-4-11(9)13(16,17)18/h1-7H. The number of hydrogen-bond donors (Lipinski definition) is 0. The van der Waals surface area contributed by atoms with Gasteiger partial charge >= 0.3 is 6.18 Å². The molecule has 2 aromatic carbocycles. The van der Waals surface area contributed by atoms with Crippen LogP contribution in [0.4, 0.5) is 13.2 Å². The van der Waals surface area contributed by atoms with E-state index in [4.69, 9.17) is 11.6 Å². The van der Waals surface area contributed by atoms with E-state index in [0.717, 1.165) is 6.07 Å². The number of hydrogen-bond acceptors (Lipinski definition) is 0. The van der Waals surface area contributed by atoms with Gasteiger partial charge in [0.15, 0.2) is 0 Å². The lowest BCUT2D eigenvalue weighted by Gasteiger charge is -2.14. The van der Waals surface area contributed by atoms with Crippen molar-refractivity contribution < 1.29 is 13.2 Å². The van der Waals surface area contributed by atoms with Crippen LogP contribution in [0.3, 0.4) is 0 Å². The van der Waals surface area contributed by atoms with Gasteiger partial charge in [0.05, 0.1) is 5.56 Å². The van der Waals surface area contributed by atoms with Crippen molar-refractivity contribution in [1.29, 1.82) is 0 Å². The first kappa shape index (κ1) is 13.4. The molecule has 5 heteroatoms. The van der Waals surface area contributed by atoms with Crippen LogP contribution < -0.4 is 0 Å². The molecule has 0 saturated heterocycles. The first-order chi connectivity index (χ1) is 8.39. The van der Waals surface area contributed by atoms with Gasteiger partial charge in [-0.05, 0) is 29.3 Å². The summed E-state index contributed by atoms with van der Waals surface area (Å²) in [7, 11) is 0. The molecule has 0 atom stereocenters. The largest absolute Gasteiger partial charge is 0.417 e. The lowest BCUT2D eigenvalue weighted by molar-refractivity contribution is -0.137. The van der Waals surface area contributed by atoms with Crippen LogP contribution in [0, 0.1) is 0 Å². The summed E-state index contributed by atoms with van der Waals surface area (Å²) in [5, 5.41) is 0.468. The Bertz CT molecular complexity index is 579. The zero-order valence-corrected chi connectivity index (χ0v) is 11.3. The number of benzene rings is 2. The van der Waals surface area contributed by atoms with Crippen molar-refractivity contribution in [3.63, 3.8) is 0 Å². The second kappa shape index (κ2) is 4.94. The quantitative estimate of drug-likeness (QED) is 0.619. The molecule has 0 aliphatic rings. The van der Waals surface area contributed by atoms with Crippen molar-refractivity contribution in [2.75, 3.05) is 0 Å². The van der Waals surface area contributed by atoms with Crippen LogP contribution in [-0.2, 0) is 6.18 Å². The Morgan fingerprint density at radius 3 is 2.22 bits per heavy atom. The first-order valence-electron chi connectivity index (χ1n) is 5.01. The fourth-order valence-corrected chi connectivity index (χ4v) is 2.57. The molecule has 0 nitrogen and oxygen atoms in total. The van der Waals surface area contributed by atoms with Gasteiger partial charge in [0.2, 0.25) is 0 Å². The zero-order chi connectivity index (χ0) is 13.3. The molecule has 18 heavy (non-hydrogen) atoms. The predicted molar refractivity (Wildman–Crippen MR) is 69.6 cm³/mol. The fraction of sp³-hybridized carbons (Fsp3) is 0.0769. The Balaban J connectivity index is 2.64. The Morgan fingerprint density at radius 2 is 1.61 bits per heavy atom. The van der Waals surface area contributed by atoms with Crippen LogP contribution in [-0.4, -0.2) is 0 Å². The lowest BCUT2D eigenvalue weighted by atomic mass is 9.99. The summed E-state index contributed by atoms with van der Waals surface area (Å²) in [6.45, 7) is 0. The minimum atomic E-state index is -4.38. The summed E-state index contributed by atoms with van der Waals surface area (Å²) >= 11 is 9.01. The van der Waals surface area contributed by atoms with E-state index >= 15 is 0 Å². The SMILES string of the molecule is FC(F)(F)c1ccccc1-c1ccc(Cl)cc1Br. The minimum Gasteiger partial charge on any atom is -0.166 e. The summed E-state index contributed by atoms with van der Waals surface area (Å²) in [6.07, 6.45) is -4.38. The highest BCUT2D eigenvalue weighted by molar-refractivity contribution is 9.10. The second-order valence-corrected chi connectivity index (χ2v) is 4.96. The predicted octanol–water partition coefficient (Wildman–Crippen LogP) is 5.79. The average Bonchev–Trinajstić information content (AvgIpc) is 2.28. The highest BCUT2D eigenvalue weighted by Gasteiger charge is 2.33. The van der Waals surface area contributed by atoms with E-state index in [9.17, 15) is 13.2 Å². The summed E-state index contributed by atoms with van der Waals surface area (Å²) in [4.78, 5) is 0. The maximum absolute atomic E-state index is 12.9. The Labute approximate surface area is 116 Å². The molecule has 0 unspecified atom stereocenters. The van der Waals surface area contributed by atoms with Crippen molar-refractivity contribution >= 4 is 27.5 Å². The van der Waals surface area contributed by atoms with E-state index in [2.05, 4.69) is 15.9 Å².